The summed E-state index contributed by atoms with van der Waals surface area (Å²) >= 11 is 0. The maximum atomic E-state index is 8.72. The molecular weight excluding hydrogens is 214 g/mol. The van der Waals surface area contributed by atoms with E-state index in [-0.39, 0.29) is 6.04 Å². The minimum Gasteiger partial charge on any atom is -0.409 e. The van der Waals surface area contributed by atoms with E-state index in [0.29, 0.717) is 5.84 Å². The molecule has 1 aliphatic rings. The SMILES string of the molecule is CCCCCCCCN1CCCC1C(N)=NO. The average Bonchev–Trinajstić information content (AvgIpc) is 2.81. The second-order valence-corrected chi connectivity index (χ2v) is 4.99. The van der Waals surface area contributed by atoms with Gasteiger partial charge >= 0.3 is 0 Å². The van der Waals surface area contributed by atoms with E-state index in [2.05, 4.69) is 17.0 Å². The summed E-state index contributed by atoms with van der Waals surface area (Å²) in [4.78, 5) is 2.36. The number of hydrogen-bond acceptors (Lipinski definition) is 3. The number of amidine groups is 1. The Morgan fingerprint density at radius 2 is 2.00 bits per heavy atom. The topological polar surface area (TPSA) is 61.8 Å². The van der Waals surface area contributed by atoms with Crippen LogP contribution in [0, 0.1) is 0 Å². The van der Waals surface area contributed by atoms with Crippen LogP contribution in [0.4, 0.5) is 0 Å². The zero-order chi connectivity index (χ0) is 12.5. The van der Waals surface area contributed by atoms with Gasteiger partial charge in [0.15, 0.2) is 5.84 Å². The van der Waals surface area contributed by atoms with E-state index in [4.69, 9.17) is 10.9 Å². The molecule has 0 radical (unpaired) electrons. The van der Waals surface area contributed by atoms with Gasteiger partial charge in [-0.3, -0.25) is 4.90 Å². The summed E-state index contributed by atoms with van der Waals surface area (Å²) in [6, 6.07) is 0.177. The Bertz CT molecular complexity index is 231. The van der Waals surface area contributed by atoms with Crippen LogP contribution < -0.4 is 5.73 Å². The molecule has 0 aromatic rings. The van der Waals surface area contributed by atoms with Gasteiger partial charge in [-0.15, -0.1) is 0 Å². The lowest BCUT2D eigenvalue weighted by Gasteiger charge is -2.22. The molecule has 4 nitrogen and oxygen atoms in total. The molecule has 0 amide bonds. The number of nitrogens with two attached hydrogens (primary N) is 1. The lowest BCUT2D eigenvalue weighted by Crippen LogP contribution is -2.40. The molecule has 1 saturated heterocycles. The molecule has 0 aromatic heterocycles. The summed E-state index contributed by atoms with van der Waals surface area (Å²) in [6.45, 7) is 4.43. The average molecular weight is 241 g/mol. The first-order chi connectivity index (χ1) is 8.29. The van der Waals surface area contributed by atoms with Crippen molar-refractivity contribution in [1.29, 1.82) is 0 Å². The Labute approximate surface area is 105 Å². The van der Waals surface area contributed by atoms with Crippen molar-refractivity contribution in [2.75, 3.05) is 13.1 Å². The molecule has 1 aliphatic heterocycles. The molecule has 0 aromatic carbocycles. The van der Waals surface area contributed by atoms with Crippen LogP contribution in [0.25, 0.3) is 0 Å². The molecule has 1 rings (SSSR count). The molecule has 3 N–H and O–H groups in total. The fraction of sp³-hybridized carbons (Fsp3) is 0.923. The molecule has 1 heterocycles. The highest BCUT2D eigenvalue weighted by Gasteiger charge is 2.27. The van der Waals surface area contributed by atoms with E-state index in [1.54, 1.807) is 0 Å². The number of rotatable bonds is 8. The van der Waals surface area contributed by atoms with Crippen LogP contribution in [-0.4, -0.2) is 35.1 Å². The van der Waals surface area contributed by atoms with Crippen molar-refractivity contribution in [3.05, 3.63) is 0 Å². The van der Waals surface area contributed by atoms with E-state index >= 15 is 0 Å². The van der Waals surface area contributed by atoms with Crippen LogP contribution in [0.2, 0.25) is 0 Å². The largest absolute Gasteiger partial charge is 0.409 e. The number of nitrogens with zero attached hydrogens (tertiary/aromatic N) is 2. The highest BCUT2D eigenvalue weighted by molar-refractivity contribution is 5.85. The Hall–Kier alpha value is -0.770. The zero-order valence-corrected chi connectivity index (χ0v) is 11.1. The summed E-state index contributed by atoms with van der Waals surface area (Å²) in [7, 11) is 0. The van der Waals surface area contributed by atoms with Gasteiger partial charge < -0.3 is 10.9 Å². The summed E-state index contributed by atoms with van der Waals surface area (Å²) < 4.78 is 0. The minimum absolute atomic E-state index is 0.177. The van der Waals surface area contributed by atoms with Crippen LogP contribution in [0.5, 0.6) is 0 Å². The fourth-order valence-corrected chi connectivity index (χ4v) is 2.59. The van der Waals surface area contributed by atoms with Gasteiger partial charge in [-0.25, -0.2) is 0 Å². The van der Waals surface area contributed by atoms with Crippen LogP contribution in [0.1, 0.15) is 58.3 Å². The highest BCUT2D eigenvalue weighted by atomic mass is 16.4. The Morgan fingerprint density at radius 3 is 2.71 bits per heavy atom. The van der Waals surface area contributed by atoms with Crippen molar-refractivity contribution in [2.24, 2.45) is 10.9 Å². The third kappa shape index (κ3) is 4.94. The predicted molar refractivity (Wildman–Crippen MR) is 71.4 cm³/mol. The first-order valence-corrected chi connectivity index (χ1v) is 7.01. The maximum absolute atomic E-state index is 8.72. The van der Waals surface area contributed by atoms with Crippen molar-refractivity contribution in [1.82, 2.24) is 4.90 Å². The minimum atomic E-state index is 0.177. The quantitative estimate of drug-likeness (QED) is 0.226. The Balaban J connectivity index is 2.13. The Kier molecular flexibility index (Phi) is 7.01. The Morgan fingerprint density at radius 1 is 1.29 bits per heavy atom. The monoisotopic (exact) mass is 241 g/mol. The molecule has 100 valence electrons. The first kappa shape index (κ1) is 14.3. The van der Waals surface area contributed by atoms with Gasteiger partial charge in [0.25, 0.3) is 0 Å². The van der Waals surface area contributed by atoms with Gasteiger partial charge in [-0.05, 0) is 32.4 Å². The third-order valence-electron chi connectivity index (χ3n) is 3.62. The molecule has 17 heavy (non-hydrogen) atoms. The number of likely N-dealkylation sites (tertiary alicyclic amines) is 1. The van der Waals surface area contributed by atoms with E-state index < -0.39 is 0 Å². The smallest absolute Gasteiger partial charge is 0.156 e. The lowest BCUT2D eigenvalue weighted by atomic mass is 10.1. The second-order valence-electron chi connectivity index (χ2n) is 4.99. The fourth-order valence-electron chi connectivity index (χ4n) is 2.59. The van der Waals surface area contributed by atoms with Crippen LogP contribution in [0.3, 0.4) is 0 Å². The van der Waals surface area contributed by atoms with Gasteiger partial charge in [0, 0.05) is 0 Å². The van der Waals surface area contributed by atoms with E-state index in [1.165, 1.54) is 38.5 Å². The molecular formula is C13H27N3O. The van der Waals surface area contributed by atoms with E-state index in [1.807, 2.05) is 0 Å². The summed E-state index contributed by atoms with van der Waals surface area (Å²) in [5.41, 5.74) is 5.70. The number of hydrogen-bond donors (Lipinski definition) is 2. The molecule has 0 spiro atoms. The third-order valence-corrected chi connectivity index (χ3v) is 3.62. The van der Waals surface area contributed by atoms with Crippen molar-refractivity contribution in [2.45, 2.75) is 64.3 Å². The summed E-state index contributed by atoms with van der Waals surface area (Å²) in [5.74, 6) is 0.383. The standard InChI is InChI=1S/C13H27N3O/c1-2-3-4-5-6-7-10-16-11-8-9-12(16)13(14)15-17/h12,17H,2-11H2,1H3,(H2,14,15). The molecule has 0 aliphatic carbocycles. The summed E-state index contributed by atoms with van der Waals surface area (Å²) in [6.07, 6.45) is 10.1. The number of oxime groups is 1. The van der Waals surface area contributed by atoms with E-state index in [9.17, 15) is 0 Å². The molecule has 0 bridgehead atoms. The molecule has 1 atom stereocenters. The van der Waals surface area contributed by atoms with Gasteiger partial charge in [0.2, 0.25) is 0 Å². The van der Waals surface area contributed by atoms with Gasteiger partial charge in [-0.1, -0.05) is 44.2 Å². The number of unbranched alkanes of at least 4 members (excludes halogenated alkanes) is 5. The normalized spacial score (nSPS) is 22.2. The second kappa shape index (κ2) is 8.34. The van der Waals surface area contributed by atoms with Crippen LogP contribution in [-0.2, 0) is 0 Å². The molecule has 1 unspecified atom stereocenters. The van der Waals surface area contributed by atoms with Crippen molar-refractivity contribution < 1.29 is 5.21 Å². The van der Waals surface area contributed by atoms with Crippen molar-refractivity contribution >= 4 is 5.84 Å². The summed E-state index contributed by atoms with van der Waals surface area (Å²) in [5, 5.41) is 11.9. The maximum Gasteiger partial charge on any atom is 0.156 e. The predicted octanol–water partition coefficient (Wildman–Crippen LogP) is 2.56. The van der Waals surface area contributed by atoms with Crippen molar-refractivity contribution in [3.8, 4) is 0 Å². The molecule has 4 heteroatoms. The lowest BCUT2D eigenvalue weighted by molar-refractivity contribution is 0.275. The van der Waals surface area contributed by atoms with Gasteiger partial charge in [0.05, 0.1) is 6.04 Å². The van der Waals surface area contributed by atoms with Crippen LogP contribution >= 0.6 is 0 Å². The highest BCUT2D eigenvalue weighted by Crippen LogP contribution is 2.18. The van der Waals surface area contributed by atoms with Crippen molar-refractivity contribution in [3.63, 3.8) is 0 Å². The zero-order valence-electron chi connectivity index (χ0n) is 11.1. The molecule has 1 fully saturated rings. The van der Waals surface area contributed by atoms with E-state index in [0.717, 1.165) is 25.9 Å². The van der Waals surface area contributed by atoms with Crippen LogP contribution in [0.15, 0.2) is 5.16 Å². The molecule has 0 saturated carbocycles. The van der Waals surface area contributed by atoms with Gasteiger partial charge in [0.1, 0.15) is 0 Å². The van der Waals surface area contributed by atoms with Gasteiger partial charge in [-0.2, -0.15) is 0 Å². The first-order valence-electron chi connectivity index (χ1n) is 7.01.